The van der Waals surface area contributed by atoms with E-state index >= 15 is 0 Å². The third-order valence-electron chi connectivity index (χ3n) is 4.26. The lowest BCUT2D eigenvalue weighted by Crippen LogP contribution is -2.37. The normalized spacial score (nSPS) is 19.2. The van der Waals surface area contributed by atoms with Crippen molar-refractivity contribution >= 4 is 34.8 Å². The molecule has 2 aromatic rings. The summed E-state index contributed by atoms with van der Waals surface area (Å²) in [7, 11) is 0. The monoisotopic (exact) mass is 354 g/mol. The van der Waals surface area contributed by atoms with Crippen LogP contribution in [0, 0.1) is 11.8 Å². The summed E-state index contributed by atoms with van der Waals surface area (Å²) in [6.45, 7) is 0. The summed E-state index contributed by atoms with van der Waals surface area (Å²) in [5.74, 6) is -1.08. The minimum Gasteiger partial charge on any atom is -0.326 e. The van der Waals surface area contributed by atoms with E-state index in [9.17, 15) is 9.59 Å². The summed E-state index contributed by atoms with van der Waals surface area (Å²) in [5.41, 5.74) is 1.41. The number of anilines is 2. The first-order chi connectivity index (χ1) is 12.1. The average Bonchev–Trinajstić information content (AvgIpc) is 2.64. The number of halogens is 1. The maximum atomic E-state index is 12.7. The van der Waals surface area contributed by atoms with Gasteiger partial charge in [0, 0.05) is 16.4 Å². The van der Waals surface area contributed by atoms with Crippen molar-refractivity contribution in [3.8, 4) is 0 Å². The van der Waals surface area contributed by atoms with Gasteiger partial charge >= 0.3 is 0 Å². The van der Waals surface area contributed by atoms with E-state index in [4.69, 9.17) is 11.6 Å². The van der Waals surface area contributed by atoms with Crippen molar-refractivity contribution in [2.75, 3.05) is 10.6 Å². The number of carbonyl (C=O) groups excluding carboxylic acids is 2. The lowest BCUT2D eigenvalue weighted by molar-refractivity contribution is -0.129. The Bertz CT molecular complexity index is 772. The minimum atomic E-state index is -0.399. The van der Waals surface area contributed by atoms with E-state index in [1.807, 2.05) is 42.5 Å². The highest BCUT2D eigenvalue weighted by molar-refractivity contribution is 6.30. The van der Waals surface area contributed by atoms with Crippen LogP contribution in [0.2, 0.25) is 5.02 Å². The van der Waals surface area contributed by atoms with Crippen molar-refractivity contribution in [3.63, 3.8) is 0 Å². The standard InChI is InChI=1S/C20H19ClN2O2/c21-14-10-12-16(13-11-14)23-20(25)18-9-5-4-8-17(18)19(24)22-15-6-2-1-3-7-15/h1-7,10-13,17-18H,8-9H2,(H,22,24)(H,23,25). The van der Waals surface area contributed by atoms with E-state index in [0.29, 0.717) is 23.6 Å². The number of carbonyl (C=O) groups is 2. The van der Waals surface area contributed by atoms with Crippen molar-refractivity contribution in [1.29, 1.82) is 0 Å². The molecule has 128 valence electrons. The highest BCUT2D eigenvalue weighted by Crippen LogP contribution is 2.28. The van der Waals surface area contributed by atoms with Crippen molar-refractivity contribution in [2.24, 2.45) is 11.8 Å². The maximum absolute atomic E-state index is 12.7. The van der Waals surface area contributed by atoms with Gasteiger partial charge in [-0.15, -0.1) is 0 Å². The van der Waals surface area contributed by atoms with Gasteiger partial charge in [0.15, 0.2) is 0 Å². The summed E-state index contributed by atoms with van der Waals surface area (Å²) in [6, 6.07) is 16.2. The first kappa shape index (κ1) is 17.2. The summed E-state index contributed by atoms with van der Waals surface area (Å²) < 4.78 is 0. The fourth-order valence-corrected chi connectivity index (χ4v) is 3.04. The van der Waals surface area contributed by atoms with Crippen LogP contribution in [0.1, 0.15) is 12.8 Å². The van der Waals surface area contributed by atoms with Gasteiger partial charge in [0.25, 0.3) is 0 Å². The molecule has 2 unspecified atom stereocenters. The van der Waals surface area contributed by atoms with Crippen LogP contribution in [0.5, 0.6) is 0 Å². The Morgan fingerprint density at radius 1 is 0.760 bits per heavy atom. The summed E-state index contributed by atoms with van der Waals surface area (Å²) in [4.78, 5) is 25.3. The molecule has 4 nitrogen and oxygen atoms in total. The van der Waals surface area contributed by atoms with Gasteiger partial charge in [0.1, 0.15) is 0 Å². The topological polar surface area (TPSA) is 58.2 Å². The molecule has 0 saturated carbocycles. The quantitative estimate of drug-likeness (QED) is 0.794. The molecule has 0 aliphatic heterocycles. The highest BCUT2D eigenvalue weighted by atomic mass is 35.5. The van der Waals surface area contributed by atoms with Crippen LogP contribution in [-0.2, 0) is 9.59 Å². The van der Waals surface area contributed by atoms with Crippen molar-refractivity contribution in [1.82, 2.24) is 0 Å². The molecule has 0 aromatic heterocycles. The van der Waals surface area contributed by atoms with Gasteiger partial charge in [-0.25, -0.2) is 0 Å². The second-order valence-corrected chi connectivity index (χ2v) is 6.44. The molecule has 0 spiro atoms. The van der Waals surface area contributed by atoms with Crippen LogP contribution >= 0.6 is 11.6 Å². The van der Waals surface area contributed by atoms with Crippen LogP contribution in [0.3, 0.4) is 0 Å². The van der Waals surface area contributed by atoms with E-state index < -0.39 is 11.8 Å². The van der Waals surface area contributed by atoms with Crippen LogP contribution < -0.4 is 10.6 Å². The van der Waals surface area contributed by atoms with Crippen molar-refractivity contribution in [3.05, 3.63) is 71.8 Å². The second-order valence-electron chi connectivity index (χ2n) is 6.01. The molecule has 25 heavy (non-hydrogen) atoms. The predicted octanol–water partition coefficient (Wildman–Crippen LogP) is 4.50. The molecule has 2 N–H and O–H groups in total. The smallest absolute Gasteiger partial charge is 0.228 e. The van der Waals surface area contributed by atoms with Gasteiger partial charge in [0.2, 0.25) is 11.8 Å². The number of hydrogen-bond donors (Lipinski definition) is 2. The van der Waals surface area contributed by atoms with Crippen molar-refractivity contribution < 1.29 is 9.59 Å². The Kier molecular flexibility index (Phi) is 5.51. The van der Waals surface area contributed by atoms with Gasteiger partial charge in [0.05, 0.1) is 11.8 Å². The fraction of sp³-hybridized carbons (Fsp3) is 0.200. The molecule has 2 aromatic carbocycles. The lowest BCUT2D eigenvalue weighted by atomic mass is 9.81. The fourth-order valence-electron chi connectivity index (χ4n) is 2.92. The van der Waals surface area contributed by atoms with Gasteiger partial charge in [-0.3, -0.25) is 9.59 Å². The molecular formula is C20H19ClN2O2. The van der Waals surface area contributed by atoms with E-state index in [0.717, 1.165) is 5.69 Å². The van der Waals surface area contributed by atoms with Crippen LogP contribution in [0.4, 0.5) is 11.4 Å². The van der Waals surface area contributed by atoms with Gasteiger partial charge in [-0.05, 0) is 49.2 Å². The number of nitrogens with one attached hydrogen (secondary N) is 2. The molecule has 0 heterocycles. The number of rotatable bonds is 4. The molecule has 0 fully saturated rings. The Morgan fingerprint density at radius 3 is 1.76 bits per heavy atom. The number of benzene rings is 2. The third-order valence-corrected chi connectivity index (χ3v) is 4.51. The molecule has 1 aliphatic rings. The van der Waals surface area contributed by atoms with Crippen LogP contribution in [-0.4, -0.2) is 11.8 Å². The van der Waals surface area contributed by atoms with Gasteiger partial charge < -0.3 is 10.6 Å². The number of hydrogen-bond acceptors (Lipinski definition) is 2. The molecule has 1 aliphatic carbocycles. The Hall–Kier alpha value is -2.59. The Balaban J connectivity index is 1.69. The van der Waals surface area contributed by atoms with E-state index in [-0.39, 0.29) is 11.8 Å². The van der Waals surface area contributed by atoms with E-state index in [2.05, 4.69) is 10.6 Å². The third kappa shape index (κ3) is 4.48. The molecular weight excluding hydrogens is 336 g/mol. The molecule has 0 bridgehead atoms. The van der Waals surface area contributed by atoms with Gasteiger partial charge in [-0.2, -0.15) is 0 Å². The summed E-state index contributed by atoms with van der Waals surface area (Å²) >= 11 is 5.86. The molecule has 0 saturated heterocycles. The molecule has 2 amide bonds. The second kappa shape index (κ2) is 7.99. The molecule has 2 atom stereocenters. The molecule has 5 heteroatoms. The lowest BCUT2D eigenvalue weighted by Gasteiger charge is -2.26. The molecule has 0 radical (unpaired) electrons. The Labute approximate surface area is 151 Å². The number of amides is 2. The zero-order valence-corrected chi connectivity index (χ0v) is 14.4. The highest BCUT2D eigenvalue weighted by Gasteiger charge is 2.34. The number of allylic oxidation sites excluding steroid dienone is 2. The van der Waals surface area contributed by atoms with Crippen LogP contribution in [0.15, 0.2) is 66.7 Å². The first-order valence-electron chi connectivity index (χ1n) is 8.21. The Morgan fingerprint density at radius 2 is 1.24 bits per heavy atom. The first-order valence-corrected chi connectivity index (χ1v) is 8.58. The molecule has 3 rings (SSSR count). The van der Waals surface area contributed by atoms with E-state index in [1.165, 1.54) is 0 Å². The largest absolute Gasteiger partial charge is 0.326 e. The summed E-state index contributed by atoms with van der Waals surface area (Å²) in [5, 5.41) is 6.38. The van der Waals surface area contributed by atoms with Crippen LogP contribution in [0.25, 0.3) is 0 Å². The maximum Gasteiger partial charge on any atom is 0.228 e. The zero-order valence-electron chi connectivity index (χ0n) is 13.6. The zero-order chi connectivity index (χ0) is 17.6. The predicted molar refractivity (Wildman–Crippen MR) is 101 cm³/mol. The SMILES string of the molecule is O=C(Nc1ccccc1)C1CC=CCC1C(=O)Nc1ccc(Cl)cc1. The number of para-hydroxylation sites is 1. The van der Waals surface area contributed by atoms with E-state index in [1.54, 1.807) is 24.3 Å². The average molecular weight is 355 g/mol. The summed E-state index contributed by atoms with van der Waals surface area (Å²) in [6.07, 6.45) is 5.02. The minimum absolute atomic E-state index is 0.133. The van der Waals surface area contributed by atoms with Crippen molar-refractivity contribution in [2.45, 2.75) is 12.8 Å². The van der Waals surface area contributed by atoms with Gasteiger partial charge in [-0.1, -0.05) is 42.0 Å².